The maximum atomic E-state index is 12.9. The smallest absolute Gasteiger partial charge is 0.308 e. The summed E-state index contributed by atoms with van der Waals surface area (Å²) in [5.41, 5.74) is 1.71. The van der Waals surface area contributed by atoms with E-state index in [4.69, 9.17) is 16.3 Å². The Hall–Kier alpha value is -2.71. The summed E-state index contributed by atoms with van der Waals surface area (Å²) >= 11 is 5.95. The number of esters is 1. The number of sulfone groups is 1. The van der Waals surface area contributed by atoms with E-state index in [2.05, 4.69) is 5.32 Å². The molecule has 0 fully saturated rings. The quantitative estimate of drug-likeness (QED) is 0.277. The molecule has 6 nitrogen and oxygen atoms in total. The van der Waals surface area contributed by atoms with Gasteiger partial charge in [0.15, 0.2) is 0 Å². The van der Waals surface area contributed by atoms with Crippen molar-refractivity contribution < 1.29 is 23.1 Å². The Kier molecular flexibility index (Phi) is 8.04. The zero-order valence-electron chi connectivity index (χ0n) is 17.5. The summed E-state index contributed by atoms with van der Waals surface area (Å²) in [6.45, 7) is 2.26. The van der Waals surface area contributed by atoms with E-state index in [1.165, 1.54) is 31.2 Å². The fourth-order valence-corrected chi connectivity index (χ4v) is 4.64. The molecule has 0 heterocycles. The van der Waals surface area contributed by atoms with Crippen LogP contribution in [0.25, 0.3) is 0 Å². The molecule has 1 atom stereocenters. The van der Waals surface area contributed by atoms with Crippen LogP contribution in [0.5, 0.6) is 5.75 Å². The van der Waals surface area contributed by atoms with Crippen LogP contribution >= 0.6 is 11.6 Å². The Bertz CT molecular complexity index is 1180. The van der Waals surface area contributed by atoms with E-state index < -0.39 is 21.9 Å². The number of aliphatic hydroxyl groups excluding tert-OH is 1. The maximum Gasteiger partial charge on any atom is 0.308 e. The first-order valence-electron chi connectivity index (χ1n) is 10.0. The van der Waals surface area contributed by atoms with Crippen molar-refractivity contribution in [3.05, 3.63) is 88.9 Å². The first-order valence-corrected chi connectivity index (χ1v) is 11.9. The average Bonchev–Trinajstić information content (AvgIpc) is 2.76. The molecule has 0 radical (unpaired) electrons. The summed E-state index contributed by atoms with van der Waals surface area (Å²) in [4.78, 5) is 11.3. The summed E-state index contributed by atoms with van der Waals surface area (Å²) in [6.07, 6.45) is 0.00816. The van der Waals surface area contributed by atoms with Gasteiger partial charge in [-0.3, -0.25) is 4.79 Å². The predicted molar refractivity (Wildman–Crippen MR) is 123 cm³/mol. The van der Waals surface area contributed by atoms with Gasteiger partial charge >= 0.3 is 5.97 Å². The van der Waals surface area contributed by atoms with Crippen LogP contribution < -0.4 is 10.1 Å². The molecular formula is C24H24ClNO5S. The third-order valence-electron chi connectivity index (χ3n) is 4.77. The number of halogens is 1. The first kappa shape index (κ1) is 23.9. The van der Waals surface area contributed by atoms with Gasteiger partial charge in [-0.1, -0.05) is 41.9 Å². The van der Waals surface area contributed by atoms with Crippen LogP contribution in [-0.2, 0) is 21.1 Å². The van der Waals surface area contributed by atoms with E-state index in [-0.39, 0.29) is 15.5 Å². The maximum absolute atomic E-state index is 12.9. The zero-order valence-corrected chi connectivity index (χ0v) is 19.1. The molecule has 0 bridgehead atoms. The minimum absolute atomic E-state index is 0.0562. The second kappa shape index (κ2) is 10.7. The number of aliphatic hydroxyl groups is 1. The Balaban J connectivity index is 1.57. The highest BCUT2D eigenvalue weighted by Crippen LogP contribution is 2.25. The van der Waals surface area contributed by atoms with Crippen LogP contribution in [0.4, 0.5) is 0 Å². The Morgan fingerprint density at radius 1 is 1.03 bits per heavy atom. The molecule has 8 heteroatoms. The summed E-state index contributed by atoms with van der Waals surface area (Å²) in [5, 5.41) is 14.0. The molecule has 0 saturated heterocycles. The topological polar surface area (TPSA) is 92.7 Å². The molecule has 2 N–H and O–H groups in total. The summed E-state index contributed by atoms with van der Waals surface area (Å²) in [5.74, 6) is -0.334. The average molecular weight is 474 g/mol. The van der Waals surface area contributed by atoms with Crippen molar-refractivity contribution in [3.8, 4) is 5.75 Å². The summed E-state index contributed by atoms with van der Waals surface area (Å²) in [7, 11) is -3.74. The summed E-state index contributed by atoms with van der Waals surface area (Å²) < 4.78 is 30.8. The number of hydrogen-bond acceptors (Lipinski definition) is 6. The van der Waals surface area contributed by atoms with E-state index in [0.29, 0.717) is 24.5 Å². The Morgan fingerprint density at radius 2 is 1.75 bits per heavy atom. The minimum Gasteiger partial charge on any atom is -0.427 e. The van der Waals surface area contributed by atoms with E-state index in [0.717, 1.165) is 11.1 Å². The molecule has 3 aromatic carbocycles. The molecule has 3 rings (SSSR count). The van der Waals surface area contributed by atoms with Crippen molar-refractivity contribution in [3.63, 3.8) is 0 Å². The molecule has 0 spiro atoms. The number of benzene rings is 3. The molecule has 0 aliphatic rings. The Labute approximate surface area is 192 Å². The monoisotopic (exact) mass is 473 g/mol. The van der Waals surface area contributed by atoms with E-state index >= 15 is 0 Å². The first-order chi connectivity index (χ1) is 15.3. The van der Waals surface area contributed by atoms with Crippen LogP contribution in [0.3, 0.4) is 0 Å². The van der Waals surface area contributed by atoms with Gasteiger partial charge in [-0.25, -0.2) is 8.42 Å². The lowest BCUT2D eigenvalue weighted by molar-refractivity contribution is -0.131. The molecule has 32 heavy (non-hydrogen) atoms. The minimum atomic E-state index is -3.74. The summed E-state index contributed by atoms with van der Waals surface area (Å²) in [6, 6.07) is 19.6. The SMILES string of the molecule is CC(=O)Oc1cccc(S(=O)(=O)c2ccc(CCNC[C@@H](O)c3cccc(Cl)c3)cc2)c1. The van der Waals surface area contributed by atoms with Gasteiger partial charge in [0.05, 0.1) is 15.9 Å². The van der Waals surface area contributed by atoms with E-state index in [1.807, 2.05) is 6.07 Å². The van der Waals surface area contributed by atoms with Crippen LogP contribution in [0.1, 0.15) is 24.2 Å². The van der Waals surface area contributed by atoms with Crippen molar-refractivity contribution in [1.82, 2.24) is 5.32 Å². The van der Waals surface area contributed by atoms with Gasteiger partial charge in [0, 0.05) is 18.5 Å². The number of carbonyl (C=O) groups is 1. The molecule has 168 valence electrons. The number of rotatable bonds is 9. The normalized spacial score (nSPS) is 12.3. The van der Waals surface area contributed by atoms with Crippen LogP contribution in [0, 0.1) is 0 Å². The third kappa shape index (κ3) is 6.40. The van der Waals surface area contributed by atoms with Crippen molar-refractivity contribution in [2.45, 2.75) is 29.2 Å². The van der Waals surface area contributed by atoms with Crippen molar-refractivity contribution in [2.24, 2.45) is 0 Å². The Morgan fingerprint density at radius 3 is 2.44 bits per heavy atom. The van der Waals surface area contributed by atoms with Crippen LogP contribution in [-0.4, -0.2) is 32.6 Å². The number of ether oxygens (including phenoxy) is 1. The lowest BCUT2D eigenvalue weighted by atomic mass is 10.1. The molecule has 0 saturated carbocycles. The van der Waals surface area contributed by atoms with Gasteiger partial charge in [0.1, 0.15) is 5.75 Å². The highest BCUT2D eigenvalue weighted by atomic mass is 35.5. The van der Waals surface area contributed by atoms with Gasteiger partial charge < -0.3 is 15.2 Å². The molecule has 0 amide bonds. The van der Waals surface area contributed by atoms with Crippen molar-refractivity contribution in [2.75, 3.05) is 13.1 Å². The number of carbonyl (C=O) groups excluding carboxylic acids is 1. The van der Waals surface area contributed by atoms with Gasteiger partial charge in [-0.15, -0.1) is 0 Å². The molecule has 0 aliphatic carbocycles. The van der Waals surface area contributed by atoms with Gasteiger partial charge in [-0.2, -0.15) is 0 Å². The van der Waals surface area contributed by atoms with Gasteiger partial charge in [0.25, 0.3) is 0 Å². The van der Waals surface area contributed by atoms with Crippen LogP contribution in [0.15, 0.2) is 82.6 Å². The second-order valence-electron chi connectivity index (χ2n) is 7.24. The predicted octanol–water partition coefficient (Wildman–Crippen LogP) is 3.96. The number of hydrogen-bond donors (Lipinski definition) is 2. The lowest BCUT2D eigenvalue weighted by Gasteiger charge is -2.13. The molecule has 0 aliphatic heterocycles. The van der Waals surface area contributed by atoms with Crippen molar-refractivity contribution in [1.29, 1.82) is 0 Å². The molecule has 0 unspecified atom stereocenters. The molecular weight excluding hydrogens is 450 g/mol. The molecule has 0 aromatic heterocycles. The fraction of sp³-hybridized carbons (Fsp3) is 0.208. The zero-order chi connectivity index (χ0) is 23.1. The van der Waals surface area contributed by atoms with Crippen molar-refractivity contribution >= 4 is 27.4 Å². The molecule has 3 aromatic rings. The second-order valence-corrected chi connectivity index (χ2v) is 9.63. The highest BCUT2D eigenvalue weighted by Gasteiger charge is 2.18. The highest BCUT2D eigenvalue weighted by molar-refractivity contribution is 7.91. The largest absolute Gasteiger partial charge is 0.427 e. The fourth-order valence-electron chi connectivity index (χ4n) is 3.15. The van der Waals surface area contributed by atoms with E-state index in [9.17, 15) is 18.3 Å². The van der Waals surface area contributed by atoms with Gasteiger partial charge in [-0.05, 0) is 66.6 Å². The third-order valence-corrected chi connectivity index (χ3v) is 6.78. The van der Waals surface area contributed by atoms with E-state index in [1.54, 1.807) is 42.5 Å². The lowest BCUT2D eigenvalue weighted by Crippen LogP contribution is -2.23. The number of nitrogens with one attached hydrogen (secondary N) is 1. The van der Waals surface area contributed by atoms with Gasteiger partial charge in [0.2, 0.25) is 9.84 Å². The van der Waals surface area contributed by atoms with Crippen LogP contribution in [0.2, 0.25) is 5.02 Å². The standard InChI is InChI=1S/C24H24ClNO5S/c1-17(27)31-21-6-3-7-23(15-21)32(29,30)22-10-8-18(9-11-22)12-13-26-16-24(28)19-4-2-5-20(25)14-19/h2-11,14-15,24,26,28H,12-13,16H2,1H3/t24-/m1/s1.